The Morgan fingerprint density at radius 2 is 1.48 bits per heavy atom. The summed E-state index contributed by atoms with van der Waals surface area (Å²) in [7, 11) is 0. The lowest BCUT2D eigenvalue weighted by Gasteiger charge is -2.12. The third-order valence-corrected chi connectivity index (χ3v) is 5.00. The predicted octanol–water partition coefficient (Wildman–Crippen LogP) is 7.65. The minimum atomic E-state index is 0.786. The average molecular weight is 328 g/mol. The first-order valence-corrected chi connectivity index (χ1v) is 9.50. The van der Waals surface area contributed by atoms with E-state index in [0.29, 0.717) is 0 Å². The molecule has 0 aromatic heterocycles. The zero-order valence-electron chi connectivity index (χ0n) is 15.8. The predicted molar refractivity (Wildman–Crippen MR) is 112 cm³/mol. The van der Waals surface area contributed by atoms with Crippen LogP contribution in [-0.2, 0) is 0 Å². The number of hydrogen-bond donors (Lipinski definition) is 0. The maximum Gasteiger partial charge on any atom is -0.0177 e. The van der Waals surface area contributed by atoms with Gasteiger partial charge in [-0.2, -0.15) is 0 Å². The largest absolute Gasteiger partial charge is 0.0804 e. The van der Waals surface area contributed by atoms with Crippen LogP contribution < -0.4 is 0 Å². The van der Waals surface area contributed by atoms with E-state index in [0.717, 1.165) is 5.92 Å². The first-order chi connectivity index (χ1) is 12.2. The number of fused-ring (bicyclic) bond motifs is 1. The van der Waals surface area contributed by atoms with Crippen LogP contribution in [0.5, 0.6) is 0 Å². The fourth-order valence-corrected chi connectivity index (χ4v) is 3.62. The fraction of sp³-hybridized carbons (Fsp3) is 0.280. The molecule has 4 rings (SSSR count). The highest BCUT2D eigenvalue weighted by atomic mass is 14.2. The van der Waals surface area contributed by atoms with Gasteiger partial charge in [-0.25, -0.2) is 0 Å². The summed E-state index contributed by atoms with van der Waals surface area (Å²) in [6.07, 6.45) is 4.86. The van der Waals surface area contributed by atoms with Crippen LogP contribution in [0.4, 0.5) is 0 Å². The smallest absolute Gasteiger partial charge is 0.0177 e. The molecule has 0 saturated carbocycles. The molecule has 0 bridgehead atoms. The lowest BCUT2D eigenvalue weighted by atomic mass is 9.93. The number of allylic oxidation sites excluding steroid dienone is 2. The monoisotopic (exact) mass is 328 g/mol. The number of aryl methyl sites for hydroxylation is 1. The lowest BCUT2D eigenvalue weighted by molar-refractivity contribution is 0.642. The first kappa shape index (κ1) is 17.5. The molecule has 0 radical (unpaired) electrons. The van der Waals surface area contributed by atoms with Gasteiger partial charge in [0.05, 0.1) is 0 Å². The van der Waals surface area contributed by atoms with Crippen molar-refractivity contribution < 1.29 is 0 Å². The number of benzene rings is 3. The highest BCUT2D eigenvalue weighted by Gasteiger charge is 2.16. The standard InChI is InChI=1S/C23H22.C2H6/c1-16-7-9-22(13-16)23-15-21(10-8-17(23)2)20-12-11-18-5-3-4-6-19(18)14-20;1-2/h3-6,8-12,14-16H,7,13H2,1-2H3;1-2H3. The molecule has 0 N–H and O–H groups in total. The maximum atomic E-state index is 2.43. The molecule has 1 aliphatic rings. The van der Waals surface area contributed by atoms with Crippen LogP contribution in [0.2, 0.25) is 0 Å². The molecule has 1 unspecified atom stereocenters. The minimum absolute atomic E-state index is 0.786. The van der Waals surface area contributed by atoms with E-state index < -0.39 is 0 Å². The van der Waals surface area contributed by atoms with Crippen molar-refractivity contribution in [3.05, 3.63) is 77.9 Å². The normalized spacial score (nSPS) is 16.3. The Labute approximate surface area is 152 Å². The Morgan fingerprint density at radius 3 is 2.20 bits per heavy atom. The molecule has 0 spiro atoms. The summed E-state index contributed by atoms with van der Waals surface area (Å²) in [4.78, 5) is 0. The van der Waals surface area contributed by atoms with Gasteiger partial charge in [-0.05, 0) is 76.4 Å². The molecule has 0 heterocycles. The second-order valence-electron chi connectivity index (χ2n) is 6.87. The van der Waals surface area contributed by atoms with E-state index in [4.69, 9.17) is 0 Å². The van der Waals surface area contributed by atoms with Crippen molar-refractivity contribution in [2.45, 2.75) is 40.5 Å². The Bertz CT molecular complexity index is 899. The van der Waals surface area contributed by atoms with Crippen LogP contribution in [-0.4, -0.2) is 0 Å². The molecule has 128 valence electrons. The number of hydrogen-bond acceptors (Lipinski definition) is 0. The van der Waals surface area contributed by atoms with E-state index in [1.165, 1.54) is 51.4 Å². The molecule has 1 aliphatic carbocycles. The highest BCUT2D eigenvalue weighted by Crippen LogP contribution is 2.35. The molecule has 0 heteroatoms. The van der Waals surface area contributed by atoms with Gasteiger partial charge in [0.15, 0.2) is 0 Å². The van der Waals surface area contributed by atoms with Crippen molar-refractivity contribution in [2.24, 2.45) is 5.92 Å². The summed E-state index contributed by atoms with van der Waals surface area (Å²) in [6, 6.07) is 22.2. The van der Waals surface area contributed by atoms with Gasteiger partial charge in [-0.15, -0.1) is 0 Å². The summed E-state index contributed by atoms with van der Waals surface area (Å²) >= 11 is 0. The second kappa shape index (κ2) is 7.70. The second-order valence-corrected chi connectivity index (χ2v) is 6.87. The lowest BCUT2D eigenvalue weighted by Crippen LogP contribution is -1.91. The van der Waals surface area contributed by atoms with Crippen molar-refractivity contribution in [3.63, 3.8) is 0 Å². The van der Waals surface area contributed by atoms with Crippen LogP contribution in [0.25, 0.3) is 27.5 Å². The molecular weight excluding hydrogens is 300 g/mol. The summed E-state index contributed by atoms with van der Waals surface area (Å²) < 4.78 is 0. The quantitative estimate of drug-likeness (QED) is 0.453. The van der Waals surface area contributed by atoms with Crippen molar-refractivity contribution in [1.29, 1.82) is 0 Å². The van der Waals surface area contributed by atoms with Crippen LogP contribution in [0.15, 0.2) is 66.7 Å². The van der Waals surface area contributed by atoms with Crippen LogP contribution in [0.3, 0.4) is 0 Å². The van der Waals surface area contributed by atoms with Crippen molar-refractivity contribution in [3.8, 4) is 11.1 Å². The van der Waals surface area contributed by atoms with Gasteiger partial charge in [-0.3, -0.25) is 0 Å². The molecule has 0 aliphatic heterocycles. The summed E-state index contributed by atoms with van der Waals surface area (Å²) in [6.45, 7) is 8.56. The topological polar surface area (TPSA) is 0 Å². The van der Waals surface area contributed by atoms with Gasteiger partial charge in [0.25, 0.3) is 0 Å². The molecule has 3 aromatic carbocycles. The molecule has 25 heavy (non-hydrogen) atoms. The first-order valence-electron chi connectivity index (χ1n) is 9.50. The van der Waals surface area contributed by atoms with E-state index in [2.05, 4.69) is 80.6 Å². The molecule has 1 atom stereocenters. The van der Waals surface area contributed by atoms with Crippen LogP contribution in [0, 0.1) is 12.8 Å². The average Bonchev–Trinajstić information content (AvgIpc) is 3.09. The van der Waals surface area contributed by atoms with E-state index in [-0.39, 0.29) is 0 Å². The summed E-state index contributed by atoms with van der Waals surface area (Å²) in [5.41, 5.74) is 6.96. The third kappa shape index (κ3) is 3.69. The minimum Gasteiger partial charge on any atom is -0.0804 e. The van der Waals surface area contributed by atoms with Gasteiger partial charge < -0.3 is 0 Å². The Morgan fingerprint density at radius 1 is 0.800 bits per heavy atom. The molecule has 0 nitrogen and oxygen atoms in total. The maximum absolute atomic E-state index is 2.43. The molecule has 0 amide bonds. The Balaban J connectivity index is 0.000000880. The van der Waals surface area contributed by atoms with E-state index >= 15 is 0 Å². The molecular formula is C25H28. The van der Waals surface area contributed by atoms with Crippen LogP contribution >= 0.6 is 0 Å². The van der Waals surface area contributed by atoms with Gasteiger partial charge in [0.1, 0.15) is 0 Å². The van der Waals surface area contributed by atoms with Gasteiger partial charge >= 0.3 is 0 Å². The number of rotatable bonds is 2. The van der Waals surface area contributed by atoms with Gasteiger partial charge in [0.2, 0.25) is 0 Å². The van der Waals surface area contributed by atoms with Crippen molar-refractivity contribution in [2.75, 3.05) is 0 Å². The van der Waals surface area contributed by atoms with Crippen molar-refractivity contribution >= 4 is 16.3 Å². The SMILES string of the molecule is CC.Cc1ccc(-c2ccc3ccccc3c2)cc1C1=CCC(C)C1. The van der Waals surface area contributed by atoms with E-state index in [1.54, 1.807) is 0 Å². The zero-order valence-corrected chi connectivity index (χ0v) is 15.8. The Hall–Kier alpha value is -2.34. The van der Waals surface area contributed by atoms with Gasteiger partial charge in [-0.1, -0.05) is 75.4 Å². The van der Waals surface area contributed by atoms with Crippen LogP contribution in [0.1, 0.15) is 44.7 Å². The Kier molecular flexibility index (Phi) is 5.38. The molecule has 0 fully saturated rings. The molecule has 0 saturated heterocycles. The van der Waals surface area contributed by atoms with E-state index in [9.17, 15) is 0 Å². The zero-order chi connectivity index (χ0) is 17.8. The van der Waals surface area contributed by atoms with Crippen molar-refractivity contribution in [1.82, 2.24) is 0 Å². The van der Waals surface area contributed by atoms with E-state index in [1.807, 2.05) is 13.8 Å². The highest BCUT2D eigenvalue weighted by molar-refractivity contribution is 5.88. The summed E-state index contributed by atoms with van der Waals surface area (Å²) in [5.74, 6) is 0.786. The fourth-order valence-electron chi connectivity index (χ4n) is 3.62. The van der Waals surface area contributed by atoms with Gasteiger partial charge in [0, 0.05) is 0 Å². The third-order valence-electron chi connectivity index (χ3n) is 5.00. The molecule has 3 aromatic rings. The summed E-state index contributed by atoms with van der Waals surface area (Å²) in [5, 5.41) is 2.61.